The lowest BCUT2D eigenvalue weighted by molar-refractivity contribution is 0.0939. The number of carbonyl (C=O) groups excluding carboxylic acids is 1. The predicted octanol–water partition coefficient (Wildman–Crippen LogP) is 2.56. The largest absolute Gasteiger partial charge is 0.383 e. The number of aromatic nitrogens is 2. The minimum absolute atomic E-state index is 0.0914. The van der Waals surface area contributed by atoms with Crippen LogP contribution in [0.2, 0.25) is 0 Å². The number of carbonyl (C=O) groups is 1. The summed E-state index contributed by atoms with van der Waals surface area (Å²) >= 11 is 0. The van der Waals surface area contributed by atoms with Gasteiger partial charge in [-0.3, -0.25) is 4.79 Å². The molecule has 2 rings (SSSR count). The summed E-state index contributed by atoms with van der Waals surface area (Å²) in [5, 5.41) is 2.85. The highest BCUT2D eigenvalue weighted by Gasteiger charge is 2.14. The van der Waals surface area contributed by atoms with Crippen LogP contribution in [0.25, 0.3) is 11.4 Å². The molecule has 1 aromatic carbocycles. The summed E-state index contributed by atoms with van der Waals surface area (Å²) in [5.41, 5.74) is 8.25. The molecule has 5 nitrogen and oxygen atoms in total. The molecule has 0 fully saturated rings. The molecule has 0 aliphatic rings. The molecule has 0 aliphatic carbocycles. The molecule has 3 N–H and O–H groups in total. The Kier molecular flexibility index (Phi) is 4.52. The second-order valence-electron chi connectivity index (χ2n) is 5.14. The van der Waals surface area contributed by atoms with E-state index in [0.29, 0.717) is 11.4 Å². The van der Waals surface area contributed by atoms with Gasteiger partial charge in [-0.1, -0.05) is 36.8 Å². The van der Waals surface area contributed by atoms with Gasteiger partial charge in [0.1, 0.15) is 5.82 Å². The van der Waals surface area contributed by atoms with Gasteiger partial charge in [-0.15, -0.1) is 0 Å². The van der Waals surface area contributed by atoms with E-state index in [4.69, 9.17) is 5.73 Å². The summed E-state index contributed by atoms with van der Waals surface area (Å²) in [6, 6.07) is 7.93. The van der Waals surface area contributed by atoms with Crippen molar-refractivity contribution in [3.8, 4) is 11.4 Å². The molecule has 2 aromatic rings. The molecule has 0 saturated carbocycles. The Hall–Kier alpha value is -2.43. The molecule has 0 aliphatic heterocycles. The first-order valence-corrected chi connectivity index (χ1v) is 7.01. The number of amides is 1. The first-order chi connectivity index (χ1) is 10.0. The van der Waals surface area contributed by atoms with E-state index in [0.717, 1.165) is 17.5 Å². The predicted molar refractivity (Wildman–Crippen MR) is 83.8 cm³/mol. The Balaban J connectivity index is 2.25. The van der Waals surface area contributed by atoms with E-state index in [-0.39, 0.29) is 17.8 Å². The molecule has 5 heteroatoms. The molecule has 1 amide bonds. The lowest BCUT2D eigenvalue weighted by atomic mass is 10.1. The molecule has 1 unspecified atom stereocenters. The zero-order valence-electron chi connectivity index (χ0n) is 12.6. The highest BCUT2D eigenvalue weighted by Crippen LogP contribution is 2.18. The zero-order valence-corrected chi connectivity index (χ0v) is 12.6. The highest BCUT2D eigenvalue weighted by atomic mass is 16.1. The number of anilines is 1. The Morgan fingerprint density at radius 3 is 2.57 bits per heavy atom. The van der Waals surface area contributed by atoms with Crippen molar-refractivity contribution < 1.29 is 4.79 Å². The Morgan fingerprint density at radius 2 is 2.00 bits per heavy atom. The Morgan fingerprint density at radius 1 is 1.33 bits per heavy atom. The van der Waals surface area contributed by atoms with Gasteiger partial charge in [0.25, 0.3) is 5.91 Å². The first-order valence-electron chi connectivity index (χ1n) is 7.01. The third kappa shape index (κ3) is 3.56. The maximum absolute atomic E-state index is 12.1. The normalized spacial score (nSPS) is 12.0. The fourth-order valence-electron chi connectivity index (χ4n) is 1.82. The summed E-state index contributed by atoms with van der Waals surface area (Å²) in [6.07, 6.45) is 2.34. The fourth-order valence-corrected chi connectivity index (χ4v) is 1.82. The van der Waals surface area contributed by atoms with E-state index >= 15 is 0 Å². The molecule has 0 saturated heterocycles. The van der Waals surface area contributed by atoms with Crippen LogP contribution in [0, 0.1) is 6.92 Å². The third-order valence-electron chi connectivity index (χ3n) is 3.36. The Bertz CT molecular complexity index is 637. The number of aryl methyl sites for hydroxylation is 1. The van der Waals surface area contributed by atoms with Gasteiger partial charge in [0, 0.05) is 17.8 Å². The lowest BCUT2D eigenvalue weighted by Crippen LogP contribution is -2.32. The van der Waals surface area contributed by atoms with Crippen molar-refractivity contribution in [1.82, 2.24) is 15.3 Å². The van der Waals surface area contributed by atoms with Crippen molar-refractivity contribution in [2.75, 3.05) is 5.73 Å². The van der Waals surface area contributed by atoms with Crippen molar-refractivity contribution in [2.45, 2.75) is 33.2 Å². The minimum Gasteiger partial charge on any atom is -0.383 e. The summed E-state index contributed by atoms with van der Waals surface area (Å²) in [6.45, 7) is 5.96. The van der Waals surface area contributed by atoms with Crippen LogP contribution >= 0.6 is 0 Å². The van der Waals surface area contributed by atoms with E-state index in [2.05, 4.69) is 15.3 Å². The van der Waals surface area contributed by atoms with E-state index in [1.165, 1.54) is 6.20 Å². The SMILES string of the molecule is CCC(C)NC(=O)c1cnc(-c2ccc(C)cc2)nc1N. The number of hydrogen-bond acceptors (Lipinski definition) is 4. The number of nitrogen functional groups attached to an aromatic ring is 1. The summed E-state index contributed by atoms with van der Waals surface area (Å²) < 4.78 is 0. The molecule has 0 bridgehead atoms. The second kappa shape index (κ2) is 6.35. The van der Waals surface area contributed by atoms with Crippen LogP contribution in [0.15, 0.2) is 30.5 Å². The van der Waals surface area contributed by atoms with Crippen molar-refractivity contribution >= 4 is 11.7 Å². The summed E-state index contributed by atoms with van der Waals surface area (Å²) in [7, 11) is 0. The van der Waals surface area contributed by atoms with Gasteiger partial charge in [0.15, 0.2) is 5.82 Å². The van der Waals surface area contributed by atoms with E-state index in [9.17, 15) is 4.79 Å². The number of nitrogens with zero attached hydrogens (tertiary/aromatic N) is 2. The van der Waals surface area contributed by atoms with Gasteiger partial charge in [-0.25, -0.2) is 9.97 Å². The van der Waals surface area contributed by atoms with Crippen LogP contribution in [0.1, 0.15) is 36.2 Å². The molecular weight excluding hydrogens is 264 g/mol. The van der Waals surface area contributed by atoms with E-state index in [1.54, 1.807) is 0 Å². The number of nitrogens with one attached hydrogen (secondary N) is 1. The molecule has 21 heavy (non-hydrogen) atoms. The molecule has 1 atom stereocenters. The van der Waals surface area contributed by atoms with E-state index < -0.39 is 0 Å². The first kappa shape index (κ1) is 15.0. The van der Waals surface area contributed by atoms with Gasteiger partial charge in [-0.2, -0.15) is 0 Å². The van der Waals surface area contributed by atoms with Crippen molar-refractivity contribution in [3.63, 3.8) is 0 Å². The Labute approximate surface area is 124 Å². The number of nitrogens with two attached hydrogens (primary N) is 1. The number of hydrogen-bond donors (Lipinski definition) is 2. The quantitative estimate of drug-likeness (QED) is 0.904. The monoisotopic (exact) mass is 284 g/mol. The van der Waals surface area contributed by atoms with Crippen LogP contribution < -0.4 is 11.1 Å². The number of rotatable bonds is 4. The average molecular weight is 284 g/mol. The van der Waals surface area contributed by atoms with Crippen molar-refractivity contribution in [1.29, 1.82) is 0 Å². The van der Waals surface area contributed by atoms with E-state index in [1.807, 2.05) is 45.0 Å². The van der Waals surface area contributed by atoms with Crippen LogP contribution in [0.3, 0.4) is 0 Å². The summed E-state index contributed by atoms with van der Waals surface area (Å²) in [4.78, 5) is 20.5. The molecule has 0 radical (unpaired) electrons. The van der Waals surface area contributed by atoms with Crippen molar-refractivity contribution in [3.05, 3.63) is 41.6 Å². The van der Waals surface area contributed by atoms with Crippen LogP contribution in [-0.4, -0.2) is 21.9 Å². The third-order valence-corrected chi connectivity index (χ3v) is 3.36. The maximum atomic E-state index is 12.1. The van der Waals surface area contributed by atoms with Crippen LogP contribution in [-0.2, 0) is 0 Å². The second-order valence-corrected chi connectivity index (χ2v) is 5.14. The molecule has 0 spiro atoms. The van der Waals surface area contributed by atoms with Gasteiger partial charge >= 0.3 is 0 Å². The molecule has 110 valence electrons. The molecular formula is C16H20N4O. The van der Waals surface area contributed by atoms with Crippen molar-refractivity contribution in [2.24, 2.45) is 0 Å². The van der Waals surface area contributed by atoms with Gasteiger partial charge < -0.3 is 11.1 Å². The van der Waals surface area contributed by atoms with Gasteiger partial charge in [0.05, 0.1) is 5.56 Å². The number of benzene rings is 1. The van der Waals surface area contributed by atoms with Crippen LogP contribution in [0.5, 0.6) is 0 Å². The lowest BCUT2D eigenvalue weighted by Gasteiger charge is -2.12. The average Bonchev–Trinajstić information content (AvgIpc) is 2.47. The summed E-state index contributed by atoms with van der Waals surface area (Å²) in [5.74, 6) is 0.478. The zero-order chi connectivity index (χ0) is 15.4. The standard InChI is InChI=1S/C16H20N4O/c1-4-11(3)19-16(21)13-9-18-15(20-14(13)17)12-7-5-10(2)6-8-12/h5-9,11H,4H2,1-3H3,(H,19,21)(H2,17,18,20). The topological polar surface area (TPSA) is 80.9 Å². The molecule has 1 heterocycles. The van der Waals surface area contributed by atoms with Gasteiger partial charge in [0.2, 0.25) is 0 Å². The maximum Gasteiger partial charge on any atom is 0.256 e. The smallest absolute Gasteiger partial charge is 0.256 e. The fraction of sp³-hybridized carbons (Fsp3) is 0.312. The minimum atomic E-state index is -0.239. The van der Waals surface area contributed by atoms with Gasteiger partial charge in [-0.05, 0) is 20.3 Å². The molecule has 1 aromatic heterocycles. The highest BCUT2D eigenvalue weighted by molar-refractivity contribution is 5.98. The van der Waals surface area contributed by atoms with Crippen LogP contribution in [0.4, 0.5) is 5.82 Å².